The highest BCUT2D eigenvalue weighted by Gasteiger charge is 2.40. The molecule has 3 heterocycles. The van der Waals surface area contributed by atoms with Crippen LogP contribution in [0, 0.1) is 11.7 Å². The van der Waals surface area contributed by atoms with Crippen molar-refractivity contribution in [3.8, 4) is 0 Å². The number of amides is 2. The van der Waals surface area contributed by atoms with Gasteiger partial charge in [-0.1, -0.05) is 36.7 Å². The lowest BCUT2D eigenvalue weighted by Crippen LogP contribution is -2.51. The second-order valence-corrected chi connectivity index (χ2v) is 14.1. The van der Waals surface area contributed by atoms with Crippen LogP contribution in [0.2, 0.25) is 5.02 Å². The number of aryl methyl sites for hydroxylation is 1. The molecular formula is C36H46ClFN4O4. The summed E-state index contributed by atoms with van der Waals surface area (Å²) in [6, 6.07) is 10.4. The van der Waals surface area contributed by atoms with Crippen molar-refractivity contribution < 1.29 is 23.5 Å². The summed E-state index contributed by atoms with van der Waals surface area (Å²) in [5, 5.41) is 3.74. The van der Waals surface area contributed by atoms with Crippen molar-refractivity contribution in [2.45, 2.75) is 89.7 Å². The number of para-hydroxylation sites is 1. The predicted molar refractivity (Wildman–Crippen MR) is 179 cm³/mol. The summed E-state index contributed by atoms with van der Waals surface area (Å²) in [6.07, 6.45) is 7.36. The second-order valence-electron chi connectivity index (χ2n) is 13.7. The molecule has 10 heteroatoms. The number of rotatable bonds is 8. The molecule has 0 radical (unpaired) electrons. The first kappa shape index (κ1) is 32.9. The monoisotopic (exact) mass is 652 g/mol. The highest BCUT2D eigenvalue weighted by Crippen LogP contribution is 2.32. The summed E-state index contributed by atoms with van der Waals surface area (Å²) in [4.78, 5) is 31.4. The average Bonchev–Trinajstić information content (AvgIpc) is 3.60. The minimum atomic E-state index is -0.582. The number of benzene rings is 2. The topological polar surface area (TPSA) is 76.0 Å². The number of nitrogens with zero attached hydrogens (tertiary/aromatic N) is 3. The third kappa shape index (κ3) is 7.28. The lowest BCUT2D eigenvalue weighted by molar-refractivity contribution is -0.133. The second kappa shape index (κ2) is 14.0. The van der Waals surface area contributed by atoms with Crippen molar-refractivity contribution in [2.24, 2.45) is 13.0 Å². The molecule has 0 spiro atoms. The van der Waals surface area contributed by atoms with Gasteiger partial charge in [0, 0.05) is 49.8 Å². The minimum absolute atomic E-state index is 0.0805. The number of likely N-dealkylation sites (tertiary alicyclic amines) is 1. The van der Waals surface area contributed by atoms with Crippen LogP contribution in [0.25, 0.3) is 10.9 Å². The van der Waals surface area contributed by atoms with Gasteiger partial charge < -0.3 is 24.3 Å². The molecule has 6 rings (SSSR count). The molecule has 0 bridgehead atoms. The van der Waals surface area contributed by atoms with Gasteiger partial charge in [-0.15, -0.1) is 0 Å². The van der Waals surface area contributed by atoms with E-state index in [4.69, 9.17) is 21.1 Å². The van der Waals surface area contributed by atoms with Crippen molar-refractivity contribution >= 4 is 40.0 Å². The van der Waals surface area contributed by atoms with Crippen LogP contribution in [-0.2, 0) is 27.7 Å². The molecule has 1 N–H and O–H groups in total. The van der Waals surface area contributed by atoms with Crippen LogP contribution in [0.3, 0.4) is 0 Å². The number of anilines is 1. The number of carbonyl (C=O) groups excluding carboxylic acids is 2. The van der Waals surface area contributed by atoms with Gasteiger partial charge >= 0.3 is 0 Å². The molecule has 3 fully saturated rings. The predicted octanol–water partition coefficient (Wildman–Crippen LogP) is 6.44. The van der Waals surface area contributed by atoms with Gasteiger partial charge in [0.05, 0.1) is 53.7 Å². The van der Waals surface area contributed by atoms with Crippen molar-refractivity contribution in [3.05, 3.63) is 64.6 Å². The third-order valence-electron chi connectivity index (χ3n) is 10.0. The maximum absolute atomic E-state index is 15.5. The minimum Gasteiger partial charge on any atom is -0.376 e. The van der Waals surface area contributed by atoms with Gasteiger partial charge in [-0.05, 0) is 75.6 Å². The van der Waals surface area contributed by atoms with Crippen molar-refractivity contribution in [1.29, 1.82) is 0 Å². The van der Waals surface area contributed by atoms with Gasteiger partial charge in [-0.25, -0.2) is 4.39 Å². The number of hydrogen-bond acceptors (Lipinski definition) is 5. The molecule has 4 atom stereocenters. The van der Waals surface area contributed by atoms with E-state index in [1.165, 1.54) is 25.0 Å². The zero-order chi connectivity index (χ0) is 32.5. The molecule has 2 amide bonds. The molecular weight excluding hydrogens is 607 g/mol. The first-order valence-corrected chi connectivity index (χ1v) is 17.1. The van der Waals surface area contributed by atoms with Crippen LogP contribution in [0.1, 0.15) is 68.8 Å². The standard InChI is InChI=1S/C36H46ClFN4O4/c1-22-9-11-28(12-10-22)45-21-27-15-26(41-17-23(2)46-24(3)18-41)19-42(27)35(43)14-25-13-31(37)33(16-32(25)38)39-36(44)30-20-40(4)34-8-6-5-7-29(30)34/h5-8,13,16,20,22-24,26-28H,9-12,14-15,17-19,21H2,1-4H3,(H,39,44)/t22?,23-,24+,26-,27-,28?/m0/s1. The third-order valence-corrected chi connectivity index (χ3v) is 10.3. The van der Waals surface area contributed by atoms with Crippen LogP contribution in [0.5, 0.6) is 0 Å². The lowest BCUT2D eigenvalue weighted by atomic mass is 9.89. The number of fused-ring (bicyclic) bond motifs is 1. The Morgan fingerprint density at radius 3 is 2.50 bits per heavy atom. The molecule has 2 saturated heterocycles. The van der Waals surface area contributed by atoms with Gasteiger partial charge in [0.1, 0.15) is 5.82 Å². The lowest BCUT2D eigenvalue weighted by Gasteiger charge is -2.38. The van der Waals surface area contributed by atoms with E-state index < -0.39 is 5.82 Å². The van der Waals surface area contributed by atoms with E-state index in [0.29, 0.717) is 18.7 Å². The molecule has 3 aromatic rings. The summed E-state index contributed by atoms with van der Waals surface area (Å²) in [6.45, 7) is 9.17. The molecule has 1 aromatic heterocycles. The summed E-state index contributed by atoms with van der Waals surface area (Å²) in [7, 11) is 1.87. The molecule has 1 saturated carbocycles. The van der Waals surface area contributed by atoms with Gasteiger partial charge in [0.15, 0.2) is 0 Å². The van der Waals surface area contributed by atoms with Gasteiger partial charge in [0.2, 0.25) is 5.91 Å². The fourth-order valence-corrected chi connectivity index (χ4v) is 7.81. The van der Waals surface area contributed by atoms with E-state index in [0.717, 1.165) is 49.2 Å². The Balaban J connectivity index is 1.15. The number of nitrogens with one attached hydrogen (secondary N) is 1. The van der Waals surface area contributed by atoms with Crippen molar-refractivity contribution in [1.82, 2.24) is 14.4 Å². The number of ether oxygens (including phenoxy) is 2. The van der Waals surface area contributed by atoms with Crippen LogP contribution < -0.4 is 5.32 Å². The molecule has 2 aliphatic heterocycles. The Labute approximate surface area is 276 Å². The van der Waals surface area contributed by atoms with Crippen LogP contribution in [0.15, 0.2) is 42.6 Å². The fourth-order valence-electron chi connectivity index (χ4n) is 7.58. The number of aromatic nitrogens is 1. The highest BCUT2D eigenvalue weighted by atomic mass is 35.5. The molecule has 0 unspecified atom stereocenters. The summed E-state index contributed by atoms with van der Waals surface area (Å²) >= 11 is 6.58. The zero-order valence-electron chi connectivity index (χ0n) is 27.3. The smallest absolute Gasteiger partial charge is 0.257 e. The quantitative estimate of drug-likeness (QED) is 0.303. The van der Waals surface area contributed by atoms with Crippen molar-refractivity contribution in [2.75, 3.05) is 31.6 Å². The maximum Gasteiger partial charge on any atom is 0.257 e. The van der Waals surface area contributed by atoms with Gasteiger partial charge in [0.25, 0.3) is 5.91 Å². The van der Waals surface area contributed by atoms with E-state index in [-0.39, 0.29) is 64.9 Å². The van der Waals surface area contributed by atoms with Crippen LogP contribution in [-0.4, -0.2) is 82.8 Å². The number of carbonyl (C=O) groups is 2. The van der Waals surface area contributed by atoms with E-state index in [9.17, 15) is 9.59 Å². The maximum atomic E-state index is 15.5. The molecule has 46 heavy (non-hydrogen) atoms. The Hall–Kier alpha value is -2.98. The number of hydrogen-bond donors (Lipinski definition) is 1. The summed E-state index contributed by atoms with van der Waals surface area (Å²) in [5.74, 6) is -0.377. The Morgan fingerprint density at radius 2 is 1.76 bits per heavy atom. The number of morpholine rings is 1. The van der Waals surface area contributed by atoms with Gasteiger partial charge in [-0.3, -0.25) is 14.5 Å². The normalized spacial score (nSPS) is 27.3. The van der Waals surface area contributed by atoms with Gasteiger partial charge in [-0.2, -0.15) is 0 Å². The van der Waals surface area contributed by atoms with Crippen molar-refractivity contribution in [3.63, 3.8) is 0 Å². The van der Waals surface area contributed by atoms with Crippen LogP contribution >= 0.6 is 11.6 Å². The molecule has 3 aliphatic rings. The fraction of sp³-hybridized carbons (Fsp3) is 0.556. The summed E-state index contributed by atoms with van der Waals surface area (Å²) < 4.78 is 29.8. The van der Waals surface area contributed by atoms with Crippen LogP contribution in [0.4, 0.5) is 10.1 Å². The largest absolute Gasteiger partial charge is 0.376 e. The first-order chi connectivity index (χ1) is 22.0. The van der Waals surface area contributed by atoms with E-state index >= 15 is 4.39 Å². The SMILES string of the molecule is CC1CCC(OC[C@@H]2C[C@H](N3C[C@@H](C)O[C@@H](C)C3)CN2C(=O)Cc2cc(Cl)c(NC(=O)c3cn(C)c4ccccc34)cc2F)CC1. The molecule has 248 valence electrons. The van der Waals surface area contributed by atoms with E-state index in [2.05, 4.69) is 31.0 Å². The van der Waals surface area contributed by atoms with E-state index in [1.807, 2.05) is 40.8 Å². The molecule has 8 nitrogen and oxygen atoms in total. The Kier molecular flexibility index (Phi) is 10.0. The Morgan fingerprint density at radius 1 is 1.04 bits per heavy atom. The average molecular weight is 653 g/mol. The summed E-state index contributed by atoms with van der Waals surface area (Å²) in [5.41, 5.74) is 1.75. The van der Waals surface area contributed by atoms with E-state index in [1.54, 1.807) is 6.20 Å². The molecule has 1 aliphatic carbocycles. The zero-order valence-corrected chi connectivity index (χ0v) is 28.1. The highest BCUT2D eigenvalue weighted by molar-refractivity contribution is 6.34. The Bertz CT molecular complexity index is 1560. The number of halogens is 2. The molecule has 2 aromatic carbocycles. The first-order valence-electron chi connectivity index (χ1n) is 16.7.